The molecule has 1 fully saturated rings. The molecule has 1 aliphatic carbocycles. The molecule has 1 aliphatic rings. The van der Waals surface area contributed by atoms with Gasteiger partial charge in [0.05, 0.1) is 12.0 Å². The molecule has 0 saturated heterocycles. The van der Waals surface area contributed by atoms with Crippen molar-refractivity contribution < 1.29 is 14.7 Å². The van der Waals surface area contributed by atoms with Crippen LogP contribution in [-0.2, 0) is 16.1 Å². The second-order valence-corrected chi connectivity index (χ2v) is 5.86. The van der Waals surface area contributed by atoms with Gasteiger partial charge in [-0.15, -0.1) is 11.3 Å². The molecule has 0 spiro atoms. The first-order valence-electron chi connectivity index (χ1n) is 6.15. The van der Waals surface area contributed by atoms with Crippen LogP contribution in [0.3, 0.4) is 0 Å². The van der Waals surface area contributed by atoms with Gasteiger partial charge in [0.1, 0.15) is 0 Å². The second kappa shape index (κ2) is 5.52. The number of nitrogens with one attached hydrogen (secondary N) is 1. The van der Waals surface area contributed by atoms with Crippen LogP contribution in [0, 0.1) is 5.41 Å². The van der Waals surface area contributed by atoms with Crippen molar-refractivity contribution in [2.45, 2.75) is 38.6 Å². The van der Waals surface area contributed by atoms with Crippen LogP contribution < -0.4 is 5.32 Å². The summed E-state index contributed by atoms with van der Waals surface area (Å²) in [5, 5.41) is 14.0. The smallest absolute Gasteiger partial charge is 0.310 e. The minimum atomic E-state index is -0.828. The van der Waals surface area contributed by atoms with Crippen molar-refractivity contribution in [3.63, 3.8) is 0 Å². The molecule has 1 saturated carbocycles. The fraction of sp³-hybridized carbons (Fsp3) is 0.538. The lowest BCUT2D eigenvalue weighted by Crippen LogP contribution is -2.35. The Morgan fingerprint density at radius 2 is 2.11 bits per heavy atom. The van der Waals surface area contributed by atoms with E-state index in [1.54, 1.807) is 11.3 Å². The SMILES string of the molecule is O=C(CC1(C(=O)O)CCCC1)NCc1cccs1. The molecule has 0 atom stereocenters. The summed E-state index contributed by atoms with van der Waals surface area (Å²) in [6.45, 7) is 0.492. The summed E-state index contributed by atoms with van der Waals surface area (Å²) in [6.07, 6.45) is 3.16. The second-order valence-electron chi connectivity index (χ2n) is 4.83. The molecule has 0 unspecified atom stereocenters. The van der Waals surface area contributed by atoms with Gasteiger partial charge in [0.2, 0.25) is 5.91 Å². The van der Waals surface area contributed by atoms with Crippen LogP contribution >= 0.6 is 11.3 Å². The molecule has 0 radical (unpaired) electrons. The summed E-state index contributed by atoms with van der Waals surface area (Å²) in [4.78, 5) is 24.2. The maximum Gasteiger partial charge on any atom is 0.310 e. The maximum atomic E-state index is 11.8. The zero-order chi connectivity index (χ0) is 13.0. The molecule has 5 heteroatoms. The zero-order valence-electron chi connectivity index (χ0n) is 10.1. The third-order valence-corrected chi connectivity index (χ3v) is 4.43. The highest BCUT2D eigenvalue weighted by molar-refractivity contribution is 7.09. The predicted octanol–water partition coefficient (Wildman–Crippen LogP) is 2.40. The normalized spacial score (nSPS) is 17.6. The number of carboxylic acid groups (broad SMARTS) is 1. The van der Waals surface area contributed by atoms with Crippen molar-refractivity contribution in [1.29, 1.82) is 0 Å². The zero-order valence-corrected chi connectivity index (χ0v) is 11.0. The molecule has 0 bridgehead atoms. The number of carbonyl (C=O) groups is 2. The highest BCUT2D eigenvalue weighted by atomic mass is 32.1. The topological polar surface area (TPSA) is 66.4 Å². The van der Waals surface area contributed by atoms with E-state index < -0.39 is 11.4 Å². The maximum absolute atomic E-state index is 11.8. The van der Waals surface area contributed by atoms with Gasteiger partial charge in [0.25, 0.3) is 0 Å². The standard InChI is InChI=1S/C13H17NO3S/c15-11(14-9-10-4-3-7-18-10)8-13(12(16)17)5-1-2-6-13/h3-4,7H,1-2,5-6,8-9H2,(H,14,15)(H,16,17). The van der Waals surface area contributed by atoms with E-state index in [9.17, 15) is 14.7 Å². The van der Waals surface area contributed by atoms with Gasteiger partial charge in [0, 0.05) is 11.3 Å². The minimum absolute atomic E-state index is 0.105. The molecule has 2 N–H and O–H groups in total. The molecule has 18 heavy (non-hydrogen) atoms. The number of thiophene rings is 1. The molecular formula is C13H17NO3S. The van der Waals surface area contributed by atoms with Gasteiger partial charge in [-0.05, 0) is 24.3 Å². The molecule has 0 aromatic carbocycles. The molecule has 98 valence electrons. The van der Waals surface area contributed by atoms with Gasteiger partial charge in [-0.1, -0.05) is 18.9 Å². The van der Waals surface area contributed by atoms with Crippen LogP contribution in [0.5, 0.6) is 0 Å². The monoisotopic (exact) mass is 267 g/mol. The lowest BCUT2D eigenvalue weighted by Gasteiger charge is -2.22. The van der Waals surface area contributed by atoms with E-state index in [2.05, 4.69) is 5.32 Å². The summed E-state index contributed by atoms with van der Waals surface area (Å²) >= 11 is 1.58. The predicted molar refractivity (Wildman–Crippen MR) is 69.3 cm³/mol. The third kappa shape index (κ3) is 2.90. The Balaban J connectivity index is 1.88. The highest BCUT2D eigenvalue weighted by Crippen LogP contribution is 2.41. The van der Waals surface area contributed by atoms with Gasteiger partial charge >= 0.3 is 5.97 Å². The lowest BCUT2D eigenvalue weighted by molar-refractivity contribution is -0.151. The Morgan fingerprint density at radius 1 is 1.39 bits per heavy atom. The first kappa shape index (κ1) is 13.1. The van der Waals surface area contributed by atoms with Crippen molar-refractivity contribution in [2.75, 3.05) is 0 Å². The number of rotatable bonds is 5. The average Bonchev–Trinajstić information content (AvgIpc) is 2.97. The first-order valence-corrected chi connectivity index (χ1v) is 7.03. The minimum Gasteiger partial charge on any atom is -0.481 e. The van der Waals surface area contributed by atoms with Crippen LogP contribution in [0.1, 0.15) is 37.0 Å². The van der Waals surface area contributed by atoms with Crippen LogP contribution in [0.15, 0.2) is 17.5 Å². The van der Waals surface area contributed by atoms with Crippen molar-refractivity contribution in [3.8, 4) is 0 Å². The van der Waals surface area contributed by atoms with Gasteiger partial charge in [-0.3, -0.25) is 9.59 Å². The quantitative estimate of drug-likeness (QED) is 0.861. The molecule has 1 amide bonds. The first-order chi connectivity index (χ1) is 8.62. The van der Waals surface area contributed by atoms with E-state index in [0.29, 0.717) is 19.4 Å². The number of hydrogen-bond donors (Lipinski definition) is 2. The fourth-order valence-electron chi connectivity index (χ4n) is 2.49. The van der Waals surface area contributed by atoms with Crippen LogP contribution in [0.2, 0.25) is 0 Å². The Morgan fingerprint density at radius 3 is 2.67 bits per heavy atom. The molecule has 1 heterocycles. The van der Waals surface area contributed by atoms with Gasteiger partial charge < -0.3 is 10.4 Å². The van der Waals surface area contributed by atoms with Crippen LogP contribution in [0.25, 0.3) is 0 Å². The van der Waals surface area contributed by atoms with E-state index >= 15 is 0 Å². The summed E-state index contributed by atoms with van der Waals surface area (Å²) < 4.78 is 0. The lowest BCUT2D eigenvalue weighted by atomic mass is 9.82. The van der Waals surface area contributed by atoms with E-state index in [1.807, 2.05) is 17.5 Å². The molecule has 4 nitrogen and oxygen atoms in total. The number of hydrogen-bond acceptors (Lipinski definition) is 3. The van der Waals surface area contributed by atoms with Crippen LogP contribution in [0.4, 0.5) is 0 Å². The van der Waals surface area contributed by atoms with Crippen molar-refractivity contribution in [1.82, 2.24) is 5.32 Å². The van der Waals surface area contributed by atoms with E-state index in [4.69, 9.17) is 0 Å². The Bertz CT molecular complexity index is 421. The number of amides is 1. The van der Waals surface area contributed by atoms with Crippen molar-refractivity contribution in [2.24, 2.45) is 5.41 Å². The van der Waals surface area contributed by atoms with Gasteiger partial charge in [-0.2, -0.15) is 0 Å². The molecule has 1 aromatic heterocycles. The van der Waals surface area contributed by atoms with Crippen molar-refractivity contribution in [3.05, 3.63) is 22.4 Å². The highest BCUT2D eigenvalue weighted by Gasteiger charge is 2.42. The van der Waals surface area contributed by atoms with Crippen LogP contribution in [-0.4, -0.2) is 17.0 Å². The number of carbonyl (C=O) groups excluding carboxylic acids is 1. The number of carboxylic acids is 1. The summed E-state index contributed by atoms with van der Waals surface area (Å²) in [6, 6.07) is 3.88. The van der Waals surface area contributed by atoms with Gasteiger partial charge in [-0.25, -0.2) is 0 Å². The van der Waals surface area contributed by atoms with E-state index in [-0.39, 0.29) is 12.3 Å². The number of aliphatic carboxylic acids is 1. The Labute approximate surface area is 110 Å². The average molecular weight is 267 g/mol. The molecule has 2 rings (SSSR count). The summed E-state index contributed by atoms with van der Waals surface area (Å²) in [5.74, 6) is -0.987. The molecular weight excluding hydrogens is 250 g/mol. The van der Waals surface area contributed by atoms with E-state index in [1.165, 1.54) is 0 Å². The Kier molecular flexibility index (Phi) is 4.01. The van der Waals surface area contributed by atoms with Gasteiger partial charge in [0.15, 0.2) is 0 Å². The molecule has 0 aliphatic heterocycles. The largest absolute Gasteiger partial charge is 0.481 e. The Hall–Kier alpha value is -1.36. The molecule has 1 aromatic rings. The third-order valence-electron chi connectivity index (χ3n) is 3.55. The summed E-state index contributed by atoms with van der Waals surface area (Å²) in [7, 11) is 0. The van der Waals surface area contributed by atoms with E-state index in [0.717, 1.165) is 17.7 Å². The fourth-order valence-corrected chi connectivity index (χ4v) is 3.13. The summed E-state index contributed by atoms with van der Waals surface area (Å²) in [5.41, 5.74) is -0.820. The van der Waals surface area contributed by atoms with Crippen molar-refractivity contribution >= 4 is 23.2 Å².